The summed E-state index contributed by atoms with van der Waals surface area (Å²) in [6.45, 7) is 3.35. The Morgan fingerprint density at radius 2 is 1.96 bits per heavy atom. The van der Waals surface area contributed by atoms with Crippen LogP contribution in [-0.2, 0) is 16.1 Å². The van der Waals surface area contributed by atoms with Gasteiger partial charge in [-0.3, -0.25) is 4.79 Å². The van der Waals surface area contributed by atoms with Crippen LogP contribution in [-0.4, -0.2) is 29.4 Å². The molecule has 1 aliphatic rings. The monoisotopic (exact) mass is 406 g/mol. The van der Waals surface area contributed by atoms with Crippen LogP contribution in [0.2, 0.25) is 5.02 Å². The van der Waals surface area contributed by atoms with Gasteiger partial charge in [0.05, 0.1) is 5.41 Å². The second-order valence-electron chi connectivity index (χ2n) is 7.28. The first-order valence-electron chi connectivity index (χ1n) is 8.63. The molecule has 1 saturated heterocycles. The van der Waals surface area contributed by atoms with Gasteiger partial charge in [0.25, 0.3) is 0 Å². The highest BCUT2D eigenvalue weighted by molar-refractivity contribution is 6.30. The SMILES string of the molecule is CC1(C)CN(c2ccccc2)C(=O)[C@@]1(O)OC(=O)NCc1cc(F)cc(Cl)c1. The average molecular weight is 407 g/mol. The predicted molar refractivity (Wildman–Crippen MR) is 102 cm³/mol. The lowest BCUT2D eigenvalue weighted by Crippen LogP contribution is -2.52. The molecule has 0 spiro atoms. The number of alkyl carbamates (subject to hydrolysis) is 1. The fourth-order valence-electron chi connectivity index (χ4n) is 3.10. The molecule has 1 heterocycles. The fraction of sp³-hybridized carbons (Fsp3) is 0.300. The van der Waals surface area contributed by atoms with Gasteiger partial charge >= 0.3 is 17.8 Å². The van der Waals surface area contributed by atoms with Gasteiger partial charge in [-0.05, 0) is 35.9 Å². The summed E-state index contributed by atoms with van der Waals surface area (Å²) in [5, 5.41) is 13.5. The summed E-state index contributed by atoms with van der Waals surface area (Å²) < 4.78 is 18.5. The number of anilines is 1. The molecule has 28 heavy (non-hydrogen) atoms. The van der Waals surface area contributed by atoms with Crippen LogP contribution in [0.5, 0.6) is 0 Å². The zero-order valence-electron chi connectivity index (χ0n) is 15.4. The van der Waals surface area contributed by atoms with Gasteiger partial charge in [-0.25, -0.2) is 9.18 Å². The van der Waals surface area contributed by atoms with Gasteiger partial charge < -0.3 is 20.1 Å². The molecule has 0 aromatic heterocycles. The Balaban J connectivity index is 1.72. The van der Waals surface area contributed by atoms with E-state index in [9.17, 15) is 19.1 Å². The van der Waals surface area contributed by atoms with Gasteiger partial charge in [-0.1, -0.05) is 43.6 Å². The number of hydrogen-bond acceptors (Lipinski definition) is 4. The summed E-state index contributed by atoms with van der Waals surface area (Å²) in [6.07, 6.45) is -1.00. The van der Waals surface area contributed by atoms with E-state index in [4.69, 9.17) is 16.3 Å². The molecule has 0 aliphatic carbocycles. The molecule has 2 amide bonds. The van der Waals surface area contributed by atoms with Crippen LogP contribution in [0, 0.1) is 11.2 Å². The van der Waals surface area contributed by atoms with Crippen LogP contribution < -0.4 is 10.2 Å². The third-order valence-corrected chi connectivity index (χ3v) is 4.89. The predicted octanol–water partition coefficient (Wildman–Crippen LogP) is 3.47. The second-order valence-corrected chi connectivity index (χ2v) is 7.71. The molecule has 2 N–H and O–H groups in total. The maximum Gasteiger partial charge on any atom is 0.410 e. The minimum atomic E-state index is -2.34. The van der Waals surface area contributed by atoms with E-state index < -0.39 is 29.0 Å². The normalized spacial score (nSPS) is 20.9. The Morgan fingerprint density at radius 1 is 1.29 bits per heavy atom. The molecule has 1 aliphatic heterocycles. The molecular weight excluding hydrogens is 387 g/mol. The molecule has 6 nitrogen and oxygen atoms in total. The summed E-state index contributed by atoms with van der Waals surface area (Å²) in [6, 6.07) is 12.6. The first-order chi connectivity index (χ1) is 13.1. The lowest BCUT2D eigenvalue weighted by Gasteiger charge is -2.31. The van der Waals surface area contributed by atoms with Crippen molar-refractivity contribution >= 4 is 29.3 Å². The van der Waals surface area contributed by atoms with E-state index in [2.05, 4.69) is 5.32 Å². The zero-order chi connectivity index (χ0) is 20.5. The smallest absolute Gasteiger partial charge is 0.406 e. The molecule has 1 fully saturated rings. The first kappa shape index (κ1) is 20.1. The standard InChI is InChI=1S/C20H20ClFN2O4/c1-19(2)12-24(16-6-4-3-5-7-16)17(25)20(19,27)28-18(26)23-11-13-8-14(21)10-15(22)9-13/h3-10,27H,11-12H2,1-2H3,(H,23,26)/t20-/m1/s1. The number of ether oxygens (including phenoxy) is 1. The highest BCUT2D eigenvalue weighted by Gasteiger charge is 2.62. The van der Waals surface area contributed by atoms with Crippen molar-refractivity contribution in [2.75, 3.05) is 11.4 Å². The van der Waals surface area contributed by atoms with Gasteiger partial charge in [0, 0.05) is 23.8 Å². The zero-order valence-corrected chi connectivity index (χ0v) is 16.2. The molecule has 148 valence electrons. The van der Waals surface area contributed by atoms with E-state index in [1.807, 2.05) is 6.07 Å². The number of benzene rings is 2. The summed E-state index contributed by atoms with van der Waals surface area (Å²) in [7, 11) is 0. The Bertz CT molecular complexity index is 886. The average Bonchev–Trinajstić information content (AvgIpc) is 2.80. The largest absolute Gasteiger partial charge is 0.410 e. The molecule has 0 radical (unpaired) electrons. The highest BCUT2D eigenvalue weighted by atomic mass is 35.5. The molecule has 0 bridgehead atoms. The fourth-order valence-corrected chi connectivity index (χ4v) is 3.35. The van der Waals surface area contributed by atoms with Crippen LogP contribution in [0.15, 0.2) is 48.5 Å². The Hall–Kier alpha value is -2.64. The van der Waals surface area contributed by atoms with Crippen molar-refractivity contribution in [2.24, 2.45) is 5.41 Å². The van der Waals surface area contributed by atoms with Crippen molar-refractivity contribution in [1.29, 1.82) is 0 Å². The lowest BCUT2D eigenvalue weighted by molar-refractivity contribution is -0.208. The second kappa shape index (κ2) is 7.41. The Kier molecular flexibility index (Phi) is 5.32. The van der Waals surface area contributed by atoms with Crippen LogP contribution in [0.3, 0.4) is 0 Å². The summed E-state index contributed by atoms with van der Waals surface area (Å²) in [4.78, 5) is 26.5. The van der Waals surface area contributed by atoms with Crippen LogP contribution in [0.1, 0.15) is 19.4 Å². The number of halogens is 2. The van der Waals surface area contributed by atoms with Crippen LogP contribution in [0.25, 0.3) is 0 Å². The van der Waals surface area contributed by atoms with Gasteiger partial charge in [0.2, 0.25) is 0 Å². The van der Waals surface area contributed by atoms with Crippen molar-refractivity contribution in [3.05, 3.63) is 64.9 Å². The maximum atomic E-state index is 13.4. The van der Waals surface area contributed by atoms with Crippen molar-refractivity contribution in [3.8, 4) is 0 Å². The molecule has 0 saturated carbocycles. The topological polar surface area (TPSA) is 78.9 Å². The van der Waals surface area contributed by atoms with Gasteiger partial charge in [0.1, 0.15) is 5.82 Å². The Morgan fingerprint density at radius 3 is 2.61 bits per heavy atom. The number of amides is 2. The third-order valence-electron chi connectivity index (χ3n) is 4.67. The molecule has 2 aromatic rings. The molecule has 8 heteroatoms. The molecule has 3 rings (SSSR count). The van der Waals surface area contributed by atoms with E-state index >= 15 is 0 Å². The van der Waals surface area contributed by atoms with Crippen LogP contribution >= 0.6 is 11.6 Å². The van der Waals surface area contributed by atoms with E-state index in [0.717, 1.165) is 6.07 Å². The van der Waals surface area contributed by atoms with Gasteiger partial charge in [-0.15, -0.1) is 0 Å². The van der Waals surface area contributed by atoms with Crippen molar-refractivity contribution in [3.63, 3.8) is 0 Å². The van der Waals surface area contributed by atoms with Crippen molar-refractivity contribution in [2.45, 2.75) is 26.2 Å². The molecule has 0 unspecified atom stereocenters. The number of hydrogen-bond donors (Lipinski definition) is 2. The first-order valence-corrected chi connectivity index (χ1v) is 9.01. The number of nitrogens with one attached hydrogen (secondary N) is 1. The number of aliphatic hydroxyl groups is 1. The number of nitrogens with zero attached hydrogens (tertiary/aromatic N) is 1. The van der Waals surface area contributed by atoms with E-state index in [1.54, 1.807) is 38.1 Å². The number of carbonyl (C=O) groups excluding carboxylic acids is 2. The van der Waals surface area contributed by atoms with E-state index in [0.29, 0.717) is 11.3 Å². The summed E-state index contributed by atoms with van der Waals surface area (Å²) >= 11 is 5.78. The van der Waals surface area contributed by atoms with Crippen molar-refractivity contribution in [1.82, 2.24) is 5.32 Å². The van der Waals surface area contributed by atoms with Gasteiger partial charge in [-0.2, -0.15) is 0 Å². The molecule has 1 atom stereocenters. The number of rotatable bonds is 4. The summed E-state index contributed by atoms with van der Waals surface area (Å²) in [5.74, 6) is -3.61. The van der Waals surface area contributed by atoms with Crippen LogP contribution in [0.4, 0.5) is 14.9 Å². The maximum absolute atomic E-state index is 13.4. The molecular formula is C20H20ClFN2O4. The molecule has 2 aromatic carbocycles. The third kappa shape index (κ3) is 3.81. The highest BCUT2D eigenvalue weighted by Crippen LogP contribution is 2.42. The number of carbonyl (C=O) groups is 2. The van der Waals surface area contributed by atoms with Crippen molar-refractivity contribution < 1.29 is 23.8 Å². The minimum absolute atomic E-state index is 0.0799. The quantitative estimate of drug-likeness (QED) is 0.762. The minimum Gasteiger partial charge on any atom is -0.406 e. The summed E-state index contributed by atoms with van der Waals surface area (Å²) in [5.41, 5.74) is -0.0499. The number of para-hydroxylation sites is 1. The van der Waals surface area contributed by atoms with E-state index in [1.165, 1.54) is 17.0 Å². The Labute approximate surface area is 166 Å². The van der Waals surface area contributed by atoms with Gasteiger partial charge in [0.15, 0.2) is 0 Å². The van der Waals surface area contributed by atoms with E-state index in [-0.39, 0.29) is 18.1 Å². The lowest BCUT2D eigenvalue weighted by atomic mass is 9.86.